The van der Waals surface area contributed by atoms with E-state index in [4.69, 9.17) is 21.7 Å². The molecule has 1 aromatic carbocycles. The molecular formula is C14H12N2O4S. The lowest BCUT2D eigenvalue weighted by Crippen LogP contribution is -2.52. The SMILES string of the molecule is CN1C(=O)C(=Cc2ccc3c(c2)OCO3)C(=O)N(C)C1=S. The zero-order valence-corrected chi connectivity index (χ0v) is 12.3. The topological polar surface area (TPSA) is 59.1 Å². The number of likely N-dealkylation sites (N-methyl/N-ethyl adjacent to an activating group) is 2. The van der Waals surface area contributed by atoms with Crippen molar-refractivity contribution in [1.82, 2.24) is 9.80 Å². The lowest BCUT2D eigenvalue weighted by atomic mass is 10.1. The molecule has 108 valence electrons. The molecule has 1 aromatic rings. The lowest BCUT2D eigenvalue weighted by Gasteiger charge is -2.31. The van der Waals surface area contributed by atoms with E-state index < -0.39 is 11.8 Å². The van der Waals surface area contributed by atoms with Gasteiger partial charge in [-0.2, -0.15) is 0 Å². The summed E-state index contributed by atoms with van der Waals surface area (Å²) in [7, 11) is 3.09. The van der Waals surface area contributed by atoms with Gasteiger partial charge in [0.1, 0.15) is 5.57 Å². The average molecular weight is 304 g/mol. The van der Waals surface area contributed by atoms with Crippen LogP contribution < -0.4 is 9.47 Å². The minimum absolute atomic E-state index is 0.0625. The van der Waals surface area contributed by atoms with Gasteiger partial charge in [-0.1, -0.05) is 6.07 Å². The van der Waals surface area contributed by atoms with E-state index >= 15 is 0 Å². The van der Waals surface area contributed by atoms with Crippen LogP contribution in [0.4, 0.5) is 0 Å². The summed E-state index contributed by atoms with van der Waals surface area (Å²) in [6.45, 7) is 0.174. The largest absolute Gasteiger partial charge is 0.454 e. The van der Waals surface area contributed by atoms with E-state index in [9.17, 15) is 9.59 Å². The van der Waals surface area contributed by atoms with Gasteiger partial charge in [0.05, 0.1) is 0 Å². The molecule has 7 heteroatoms. The first-order chi connectivity index (χ1) is 9.99. The van der Waals surface area contributed by atoms with E-state index in [0.29, 0.717) is 17.1 Å². The van der Waals surface area contributed by atoms with Crippen molar-refractivity contribution in [1.29, 1.82) is 0 Å². The molecule has 0 saturated carbocycles. The van der Waals surface area contributed by atoms with Gasteiger partial charge in [-0.25, -0.2) is 0 Å². The van der Waals surface area contributed by atoms with Gasteiger partial charge in [0.25, 0.3) is 11.8 Å². The Balaban J connectivity index is 2.00. The number of hydrogen-bond donors (Lipinski definition) is 0. The first-order valence-corrected chi connectivity index (χ1v) is 6.61. The van der Waals surface area contributed by atoms with Crippen LogP contribution in [0.5, 0.6) is 11.5 Å². The predicted octanol–water partition coefficient (Wildman–Crippen LogP) is 1.01. The molecule has 0 spiro atoms. The lowest BCUT2D eigenvalue weighted by molar-refractivity contribution is -0.132. The monoisotopic (exact) mass is 304 g/mol. The Morgan fingerprint density at radius 3 is 2.38 bits per heavy atom. The van der Waals surface area contributed by atoms with Crippen LogP contribution in [0, 0.1) is 0 Å². The van der Waals surface area contributed by atoms with Crippen LogP contribution in [0.3, 0.4) is 0 Å². The van der Waals surface area contributed by atoms with Crippen molar-refractivity contribution in [2.75, 3.05) is 20.9 Å². The fourth-order valence-corrected chi connectivity index (χ4v) is 2.31. The summed E-state index contributed by atoms with van der Waals surface area (Å²) in [5, 5.41) is 0.188. The zero-order valence-electron chi connectivity index (χ0n) is 11.5. The van der Waals surface area contributed by atoms with Crippen molar-refractivity contribution in [2.24, 2.45) is 0 Å². The fraction of sp³-hybridized carbons (Fsp3) is 0.214. The minimum Gasteiger partial charge on any atom is -0.454 e. The average Bonchev–Trinajstić information content (AvgIpc) is 2.95. The van der Waals surface area contributed by atoms with Crippen LogP contribution in [-0.2, 0) is 9.59 Å². The van der Waals surface area contributed by atoms with Crippen LogP contribution in [0.25, 0.3) is 6.08 Å². The number of thiocarbonyl (C=S) groups is 1. The molecule has 2 aliphatic heterocycles. The number of nitrogens with zero attached hydrogens (tertiary/aromatic N) is 2. The summed E-state index contributed by atoms with van der Waals surface area (Å²) in [6, 6.07) is 5.22. The molecule has 21 heavy (non-hydrogen) atoms. The van der Waals surface area contributed by atoms with Crippen molar-refractivity contribution in [2.45, 2.75) is 0 Å². The summed E-state index contributed by atoms with van der Waals surface area (Å²) >= 11 is 5.03. The van der Waals surface area contributed by atoms with E-state index in [-0.39, 0.29) is 17.5 Å². The number of fused-ring (bicyclic) bond motifs is 1. The number of rotatable bonds is 1. The maximum atomic E-state index is 12.2. The Morgan fingerprint density at radius 1 is 1.10 bits per heavy atom. The van der Waals surface area contributed by atoms with Crippen LogP contribution in [-0.4, -0.2) is 47.6 Å². The predicted molar refractivity (Wildman–Crippen MR) is 78.7 cm³/mol. The Hall–Kier alpha value is -2.41. The molecule has 0 aromatic heterocycles. The Bertz CT molecular complexity index is 672. The third-order valence-electron chi connectivity index (χ3n) is 3.35. The van der Waals surface area contributed by atoms with E-state index in [1.807, 2.05) is 0 Å². The molecular weight excluding hydrogens is 292 g/mol. The van der Waals surface area contributed by atoms with Gasteiger partial charge in [-0.3, -0.25) is 19.4 Å². The van der Waals surface area contributed by atoms with Crippen LogP contribution in [0.15, 0.2) is 23.8 Å². The molecule has 1 fully saturated rings. The smallest absolute Gasteiger partial charge is 0.265 e. The molecule has 0 bridgehead atoms. The normalized spacial score (nSPS) is 17.6. The van der Waals surface area contributed by atoms with E-state index in [1.165, 1.54) is 15.9 Å². The van der Waals surface area contributed by atoms with Crippen LogP contribution in [0.1, 0.15) is 5.56 Å². The van der Waals surface area contributed by atoms with Crippen LogP contribution >= 0.6 is 12.2 Å². The molecule has 2 amide bonds. The molecule has 0 N–H and O–H groups in total. The second-order valence-electron chi connectivity index (χ2n) is 4.68. The maximum absolute atomic E-state index is 12.2. The standard InChI is InChI=1S/C14H12N2O4S/c1-15-12(17)9(13(18)16(2)14(15)21)5-8-3-4-10-11(6-8)20-7-19-10/h3-6H,7H2,1-2H3. The van der Waals surface area contributed by atoms with Crippen molar-refractivity contribution < 1.29 is 19.1 Å². The van der Waals surface area contributed by atoms with Crippen LogP contribution in [0.2, 0.25) is 0 Å². The molecule has 3 rings (SSSR count). The number of amides is 2. The second kappa shape index (κ2) is 4.85. The maximum Gasteiger partial charge on any atom is 0.265 e. The highest BCUT2D eigenvalue weighted by molar-refractivity contribution is 7.80. The molecule has 0 unspecified atom stereocenters. The molecule has 2 aliphatic rings. The molecule has 1 saturated heterocycles. The Kier molecular flexibility index (Phi) is 3.13. The van der Waals surface area contributed by atoms with E-state index in [2.05, 4.69) is 0 Å². The van der Waals surface area contributed by atoms with Gasteiger partial charge in [-0.15, -0.1) is 0 Å². The summed E-state index contributed by atoms with van der Waals surface area (Å²) in [6.07, 6.45) is 1.53. The fourth-order valence-electron chi connectivity index (χ4n) is 2.14. The van der Waals surface area contributed by atoms with E-state index in [0.717, 1.165) is 0 Å². The molecule has 2 heterocycles. The quantitative estimate of drug-likeness (QED) is 0.440. The van der Waals surface area contributed by atoms with Gasteiger partial charge in [0.2, 0.25) is 6.79 Å². The van der Waals surface area contributed by atoms with Crippen molar-refractivity contribution in [3.05, 3.63) is 29.3 Å². The van der Waals surface area contributed by atoms with E-state index in [1.54, 1.807) is 32.3 Å². The number of hydrogen-bond acceptors (Lipinski definition) is 5. The Morgan fingerprint density at radius 2 is 1.71 bits per heavy atom. The summed E-state index contributed by atoms with van der Waals surface area (Å²) < 4.78 is 10.5. The number of benzene rings is 1. The first-order valence-electron chi connectivity index (χ1n) is 6.20. The van der Waals surface area contributed by atoms with Gasteiger partial charge in [0.15, 0.2) is 16.6 Å². The minimum atomic E-state index is -0.416. The van der Waals surface area contributed by atoms with Gasteiger partial charge in [0, 0.05) is 14.1 Å². The zero-order chi connectivity index (χ0) is 15.1. The molecule has 0 aliphatic carbocycles. The summed E-state index contributed by atoms with van der Waals surface area (Å²) in [4.78, 5) is 26.9. The third kappa shape index (κ3) is 2.15. The highest BCUT2D eigenvalue weighted by atomic mass is 32.1. The van der Waals surface area contributed by atoms with Gasteiger partial charge in [-0.05, 0) is 36.0 Å². The third-order valence-corrected chi connectivity index (χ3v) is 3.90. The molecule has 6 nitrogen and oxygen atoms in total. The Labute approximate surface area is 126 Å². The van der Waals surface area contributed by atoms with Gasteiger partial charge < -0.3 is 9.47 Å². The second-order valence-corrected chi connectivity index (χ2v) is 5.05. The van der Waals surface area contributed by atoms with Crippen molar-refractivity contribution >= 4 is 35.2 Å². The molecule has 0 atom stereocenters. The molecule has 0 radical (unpaired) electrons. The van der Waals surface area contributed by atoms with Crippen molar-refractivity contribution in [3.8, 4) is 11.5 Å². The van der Waals surface area contributed by atoms with Gasteiger partial charge >= 0.3 is 0 Å². The summed E-state index contributed by atoms with van der Waals surface area (Å²) in [5.41, 5.74) is 0.748. The highest BCUT2D eigenvalue weighted by Gasteiger charge is 2.35. The number of carbonyl (C=O) groups is 2. The summed E-state index contributed by atoms with van der Waals surface area (Å²) in [5.74, 6) is 0.410. The van der Waals surface area contributed by atoms with Crippen molar-refractivity contribution in [3.63, 3.8) is 0 Å². The number of ether oxygens (including phenoxy) is 2. The highest BCUT2D eigenvalue weighted by Crippen LogP contribution is 2.33. The first kappa shape index (κ1) is 13.6. The number of carbonyl (C=O) groups excluding carboxylic acids is 2.